The fourth-order valence-corrected chi connectivity index (χ4v) is 2.91. The third-order valence-electron chi connectivity index (χ3n) is 3.84. The first-order chi connectivity index (χ1) is 12.5. The molecule has 0 saturated carbocycles. The van der Waals surface area contributed by atoms with Gasteiger partial charge in [-0.25, -0.2) is 0 Å². The Hall–Kier alpha value is -3.25. The van der Waals surface area contributed by atoms with E-state index in [0.29, 0.717) is 5.69 Å². The van der Waals surface area contributed by atoms with Crippen molar-refractivity contribution < 1.29 is 14.7 Å². The second-order valence-corrected chi connectivity index (χ2v) is 6.09. The molecule has 26 heavy (non-hydrogen) atoms. The molecule has 0 spiro atoms. The predicted molar refractivity (Wildman–Crippen MR) is 103 cm³/mol. The molecule has 0 aliphatic heterocycles. The monoisotopic (exact) mass is 363 g/mol. The maximum atomic E-state index is 12.3. The molecule has 0 unspecified atom stereocenters. The standard InChI is InChI=1S/C20H16N2O3S/c23-18(12-14-7-3-6-13-5-1-2-10-17(13)14)22-20(26)21-16-9-4-8-15(11-16)19(24)25/h1-11H,12H2,(H,24,25)(H2,21,22,23,26)/p-1. The van der Waals surface area contributed by atoms with E-state index >= 15 is 0 Å². The summed E-state index contributed by atoms with van der Waals surface area (Å²) in [5.74, 6) is -1.53. The molecule has 6 heteroatoms. The summed E-state index contributed by atoms with van der Waals surface area (Å²) in [7, 11) is 0. The van der Waals surface area contributed by atoms with Gasteiger partial charge >= 0.3 is 0 Å². The summed E-state index contributed by atoms with van der Waals surface area (Å²) in [5, 5.41) is 18.5. The quantitative estimate of drug-likeness (QED) is 0.695. The van der Waals surface area contributed by atoms with E-state index in [9.17, 15) is 14.7 Å². The van der Waals surface area contributed by atoms with E-state index in [-0.39, 0.29) is 23.0 Å². The third-order valence-corrected chi connectivity index (χ3v) is 4.04. The number of fused-ring (bicyclic) bond motifs is 1. The van der Waals surface area contributed by atoms with E-state index < -0.39 is 5.97 Å². The minimum Gasteiger partial charge on any atom is -0.545 e. The van der Waals surface area contributed by atoms with Gasteiger partial charge in [-0.2, -0.15) is 0 Å². The molecule has 2 N–H and O–H groups in total. The van der Waals surface area contributed by atoms with E-state index in [1.807, 2.05) is 42.5 Å². The molecule has 0 atom stereocenters. The van der Waals surface area contributed by atoms with Gasteiger partial charge in [-0.15, -0.1) is 0 Å². The van der Waals surface area contributed by atoms with Crippen LogP contribution in [0.15, 0.2) is 66.7 Å². The van der Waals surface area contributed by atoms with Crippen LogP contribution in [0.2, 0.25) is 0 Å². The van der Waals surface area contributed by atoms with E-state index in [4.69, 9.17) is 12.2 Å². The predicted octanol–water partition coefficient (Wildman–Crippen LogP) is 2.26. The molecule has 0 bridgehead atoms. The number of rotatable bonds is 4. The zero-order chi connectivity index (χ0) is 18.5. The molecule has 0 aromatic heterocycles. The van der Waals surface area contributed by atoms with Crippen molar-refractivity contribution in [1.82, 2.24) is 5.32 Å². The van der Waals surface area contributed by atoms with Gasteiger partial charge in [-0.1, -0.05) is 54.6 Å². The normalized spacial score (nSPS) is 10.3. The number of carbonyl (C=O) groups is 2. The molecule has 0 radical (unpaired) electrons. The molecular formula is C20H15N2O3S-. The molecule has 0 heterocycles. The minimum absolute atomic E-state index is 0.0277. The summed E-state index contributed by atoms with van der Waals surface area (Å²) in [6.45, 7) is 0. The zero-order valence-electron chi connectivity index (χ0n) is 13.7. The van der Waals surface area contributed by atoms with Crippen molar-refractivity contribution in [3.8, 4) is 0 Å². The van der Waals surface area contributed by atoms with Crippen molar-refractivity contribution in [3.63, 3.8) is 0 Å². The number of aromatic carboxylic acids is 1. The molecule has 130 valence electrons. The summed E-state index contributed by atoms with van der Waals surface area (Å²) in [6, 6.07) is 19.7. The molecule has 0 aliphatic rings. The zero-order valence-corrected chi connectivity index (χ0v) is 14.5. The Bertz CT molecular complexity index is 996. The Morgan fingerprint density at radius 3 is 2.50 bits per heavy atom. The fraction of sp³-hybridized carbons (Fsp3) is 0.0500. The van der Waals surface area contributed by atoms with Gasteiger partial charge in [-0.05, 0) is 46.2 Å². The van der Waals surface area contributed by atoms with Crippen LogP contribution in [0.4, 0.5) is 5.69 Å². The van der Waals surface area contributed by atoms with Crippen LogP contribution in [-0.4, -0.2) is 17.0 Å². The van der Waals surface area contributed by atoms with E-state index in [2.05, 4.69) is 10.6 Å². The third kappa shape index (κ3) is 4.23. The number of carbonyl (C=O) groups excluding carboxylic acids is 2. The molecule has 3 aromatic rings. The van der Waals surface area contributed by atoms with E-state index in [0.717, 1.165) is 16.3 Å². The van der Waals surface area contributed by atoms with Crippen molar-refractivity contribution in [2.75, 3.05) is 5.32 Å². The second kappa shape index (κ2) is 7.76. The van der Waals surface area contributed by atoms with Gasteiger partial charge in [0.05, 0.1) is 12.4 Å². The smallest absolute Gasteiger partial charge is 0.230 e. The number of amides is 1. The van der Waals surface area contributed by atoms with Crippen molar-refractivity contribution >= 4 is 45.7 Å². The molecule has 5 nitrogen and oxygen atoms in total. The van der Waals surface area contributed by atoms with Crippen LogP contribution in [-0.2, 0) is 11.2 Å². The number of nitrogens with one attached hydrogen (secondary N) is 2. The number of hydrogen-bond donors (Lipinski definition) is 2. The average Bonchev–Trinajstić information content (AvgIpc) is 2.62. The largest absolute Gasteiger partial charge is 0.545 e. The number of hydrogen-bond acceptors (Lipinski definition) is 4. The molecule has 3 rings (SSSR count). The first-order valence-electron chi connectivity index (χ1n) is 7.92. The lowest BCUT2D eigenvalue weighted by atomic mass is 10.0. The Kier molecular flexibility index (Phi) is 5.24. The molecule has 1 amide bonds. The van der Waals surface area contributed by atoms with Crippen molar-refractivity contribution in [3.05, 3.63) is 77.9 Å². The highest BCUT2D eigenvalue weighted by molar-refractivity contribution is 7.80. The lowest BCUT2D eigenvalue weighted by Crippen LogP contribution is -2.35. The summed E-state index contributed by atoms with van der Waals surface area (Å²) in [6.07, 6.45) is 0.183. The average molecular weight is 363 g/mol. The molecule has 0 fully saturated rings. The van der Waals surface area contributed by atoms with Crippen LogP contribution in [0.3, 0.4) is 0 Å². The van der Waals surface area contributed by atoms with Gasteiger partial charge in [0.2, 0.25) is 5.91 Å². The topological polar surface area (TPSA) is 81.3 Å². The maximum absolute atomic E-state index is 12.3. The summed E-state index contributed by atoms with van der Waals surface area (Å²) >= 11 is 5.13. The molecule has 3 aromatic carbocycles. The molecular weight excluding hydrogens is 348 g/mol. The van der Waals surface area contributed by atoms with Gasteiger partial charge in [0, 0.05) is 5.69 Å². The van der Waals surface area contributed by atoms with Gasteiger partial charge < -0.3 is 20.5 Å². The number of benzene rings is 3. The second-order valence-electron chi connectivity index (χ2n) is 5.69. The molecule has 0 aliphatic carbocycles. The lowest BCUT2D eigenvalue weighted by Gasteiger charge is -2.12. The Balaban J connectivity index is 1.65. The van der Waals surface area contributed by atoms with Crippen LogP contribution in [0.1, 0.15) is 15.9 Å². The Morgan fingerprint density at radius 1 is 0.962 bits per heavy atom. The van der Waals surface area contributed by atoms with E-state index in [1.54, 1.807) is 12.1 Å². The van der Waals surface area contributed by atoms with Gasteiger partial charge in [0.25, 0.3) is 0 Å². The first kappa shape index (κ1) is 17.6. The summed E-state index contributed by atoms with van der Waals surface area (Å²) in [4.78, 5) is 23.2. The Labute approximate surface area is 155 Å². The van der Waals surface area contributed by atoms with Crippen LogP contribution in [0, 0.1) is 0 Å². The van der Waals surface area contributed by atoms with Crippen molar-refractivity contribution in [2.24, 2.45) is 0 Å². The van der Waals surface area contributed by atoms with Gasteiger partial charge in [-0.3, -0.25) is 4.79 Å². The number of carboxylic acids is 1. The van der Waals surface area contributed by atoms with Crippen LogP contribution in [0.5, 0.6) is 0 Å². The fourth-order valence-electron chi connectivity index (χ4n) is 2.68. The highest BCUT2D eigenvalue weighted by atomic mass is 32.1. The summed E-state index contributed by atoms with van der Waals surface area (Å²) in [5.41, 5.74) is 1.39. The number of carboxylic acid groups (broad SMARTS) is 1. The number of thiocarbonyl (C=S) groups is 1. The first-order valence-corrected chi connectivity index (χ1v) is 8.32. The van der Waals surface area contributed by atoms with Crippen LogP contribution >= 0.6 is 12.2 Å². The van der Waals surface area contributed by atoms with Gasteiger partial charge in [0.1, 0.15) is 0 Å². The van der Waals surface area contributed by atoms with Crippen molar-refractivity contribution in [2.45, 2.75) is 6.42 Å². The Morgan fingerprint density at radius 2 is 1.69 bits per heavy atom. The lowest BCUT2D eigenvalue weighted by molar-refractivity contribution is -0.255. The summed E-state index contributed by atoms with van der Waals surface area (Å²) < 4.78 is 0. The van der Waals surface area contributed by atoms with Crippen molar-refractivity contribution in [1.29, 1.82) is 0 Å². The maximum Gasteiger partial charge on any atom is 0.230 e. The van der Waals surface area contributed by atoms with Crippen LogP contribution in [0.25, 0.3) is 10.8 Å². The highest BCUT2D eigenvalue weighted by Crippen LogP contribution is 2.18. The van der Waals surface area contributed by atoms with E-state index in [1.165, 1.54) is 12.1 Å². The minimum atomic E-state index is -1.28. The number of anilines is 1. The highest BCUT2D eigenvalue weighted by Gasteiger charge is 2.09. The molecule has 0 saturated heterocycles. The SMILES string of the molecule is O=C(Cc1cccc2ccccc12)NC(=S)Nc1cccc(C(=O)[O-])c1. The van der Waals surface area contributed by atoms with Gasteiger partial charge in [0.15, 0.2) is 5.11 Å². The van der Waals surface area contributed by atoms with Crippen LogP contribution < -0.4 is 15.7 Å².